The third-order valence-corrected chi connectivity index (χ3v) is 4.91. The maximum Gasteiger partial charge on any atom is 0.267 e. The summed E-state index contributed by atoms with van der Waals surface area (Å²) in [5.41, 5.74) is 4.95. The van der Waals surface area contributed by atoms with E-state index in [-0.39, 0.29) is 5.57 Å². The molecule has 5 nitrogen and oxygen atoms in total. The van der Waals surface area contributed by atoms with E-state index in [2.05, 4.69) is 49.3 Å². The van der Waals surface area contributed by atoms with Gasteiger partial charge in [0.2, 0.25) is 0 Å². The standard InChI is InChI=1S/C24H30N4O/c1-6-28(7-2)22-12-13-23(18(5)14-22)26-16-20(15-25)24(29)27-21-10-8-19(9-11-21)17(3)4/h8-14,16-17,26H,6-7H2,1-5H3,(H,27,29)/b20-16-. The van der Waals surface area contributed by atoms with Gasteiger partial charge in [0.1, 0.15) is 11.6 Å². The Kier molecular flexibility index (Phi) is 7.85. The molecule has 0 saturated carbocycles. The first-order valence-electron chi connectivity index (χ1n) is 10.0. The van der Waals surface area contributed by atoms with E-state index in [0.29, 0.717) is 11.6 Å². The van der Waals surface area contributed by atoms with Crippen LogP contribution in [0.3, 0.4) is 0 Å². The van der Waals surface area contributed by atoms with Crippen molar-refractivity contribution in [3.63, 3.8) is 0 Å². The molecular weight excluding hydrogens is 360 g/mol. The van der Waals surface area contributed by atoms with E-state index in [4.69, 9.17) is 0 Å². The van der Waals surface area contributed by atoms with E-state index in [9.17, 15) is 10.1 Å². The fourth-order valence-electron chi connectivity index (χ4n) is 3.04. The Morgan fingerprint density at radius 2 is 1.79 bits per heavy atom. The molecule has 0 aliphatic carbocycles. The van der Waals surface area contributed by atoms with E-state index >= 15 is 0 Å². The van der Waals surface area contributed by atoms with Gasteiger partial charge in [0.15, 0.2) is 0 Å². The van der Waals surface area contributed by atoms with Gasteiger partial charge in [-0.1, -0.05) is 26.0 Å². The van der Waals surface area contributed by atoms with Gasteiger partial charge in [0.05, 0.1) is 0 Å². The van der Waals surface area contributed by atoms with E-state index < -0.39 is 5.91 Å². The molecule has 2 rings (SSSR count). The zero-order valence-corrected chi connectivity index (χ0v) is 17.9. The van der Waals surface area contributed by atoms with Crippen molar-refractivity contribution in [3.8, 4) is 6.07 Å². The first-order valence-corrected chi connectivity index (χ1v) is 10.0. The van der Waals surface area contributed by atoms with E-state index in [0.717, 1.165) is 30.0 Å². The Morgan fingerprint density at radius 3 is 2.31 bits per heavy atom. The fourth-order valence-corrected chi connectivity index (χ4v) is 3.04. The second-order valence-electron chi connectivity index (χ2n) is 7.22. The number of amides is 1. The lowest BCUT2D eigenvalue weighted by Gasteiger charge is -2.22. The molecule has 0 bridgehead atoms. The molecule has 0 radical (unpaired) electrons. The quantitative estimate of drug-likeness (QED) is 0.466. The van der Waals surface area contributed by atoms with Crippen LogP contribution in [0.1, 0.15) is 44.7 Å². The lowest BCUT2D eigenvalue weighted by molar-refractivity contribution is -0.112. The van der Waals surface area contributed by atoms with Crippen LogP contribution in [-0.4, -0.2) is 19.0 Å². The summed E-state index contributed by atoms with van der Waals surface area (Å²) < 4.78 is 0. The van der Waals surface area contributed by atoms with Gasteiger partial charge in [-0.25, -0.2) is 0 Å². The molecule has 0 spiro atoms. The van der Waals surface area contributed by atoms with Gasteiger partial charge in [0.25, 0.3) is 5.91 Å². The highest BCUT2D eigenvalue weighted by Crippen LogP contribution is 2.23. The molecule has 0 saturated heterocycles. The van der Waals surface area contributed by atoms with Crippen molar-refractivity contribution in [2.24, 2.45) is 0 Å². The minimum atomic E-state index is -0.435. The number of anilines is 3. The van der Waals surface area contributed by atoms with E-state index in [1.807, 2.05) is 49.4 Å². The van der Waals surface area contributed by atoms with Crippen LogP contribution in [0, 0.1) is 18.3 Å². The summed E-state index contributed by atoms with van der Waals surface area (Å²) in [7, 11) is 0. The van der Waals surface area contributed by atoms with Gasteiger partial charge >= 0.3 is 0 Å². The molecule has 0 fully saturated rings. The number of nitriles is 1. The normalized spacial score (nSPS) is 11.1. The first kappa shape index (κ1) is 22.0. The van der Waals surface area contributed by atoms with Crippen LogP contribution in [0.15, 0.2) is 54.2 Å². The largest absolute Gasteiger partial charge is 0.372 e. The van der Waals surface area contributed by atoms with Gasteiger partial charge in [-0.2, -0.15) is 5.26 Å². The predicted octanol–water partition coefficient (Wildman–Crippen LogP) is 5.42. The average Bonchev–Trinajstić information content (AvgIpc) is 2.71. The number of nitrogens with zero attached hydrogens (tertiary/aromatic N) is 2. The number of hydrogen-bond acceptors (Lipinski definition) is 4. The highest BCUT2D eigenvalue weighted by molar-refractivity contribution is 6.06. The molecule has 2 aromatic rings. The van der Waals surface area contributed by atoms with Crippen molar-refractivity contribution in [3.05, 3.63) is 65.4 Å². The molecule has 0 unspecified atom stereocenters. The molecule has 0 aliphatic heterocycles. The van der Waals surface area contributed by atoms with Crippen molar-refractivity contribution in [1.29, 1.82) is 5.26 Å². The fraction of sp³-hybridized carbons (Fsp3) is 0.333. The maximum absolute atomic E-state index is 12.4. The second-order valence-corrected chi connectivity index (χ2v) is 7.22. The molecular formula is C24H30N4O. The SMILES string of the molecule is CCN(CC)c1ccc(N/C=C(/C#N)C(=O)Nc2ccc(C(C)C)cc2)c(C)c1. The summed E-state index contributed by atoms with van der Waals surface area (Å²) in [4.78, 5) is 14.7. The minimum Gasteiger partial charge on any atom is -0.372 e. The number of nitrogens with one attached hydrogen (secondary N) is 2. The van der Waals surface area contributed by atoms with Crippen LogP contribution in [0.5, 0.6) is 0 Å². The van der Waals surface area contributed by atoms with Crippen LogP contribution in [0.25, 0.3) is 0 Å². The Morgan fingerprint density at radius 1 is 1.14 bits per heavy atom. The van der Waals surface area contributed by atoms with Gasteiger partial charge in [-0.15, -0.1) is 0 Å². The molecule has 0 aromatic heterocycles. The number of carbonyl (C=O) groups is 1. The number of hydrogen-bond donors (Lipinski definition) is 2. The van der Waals surface area contributed by atoms with Gasteiger partial charge in [0, 0.05) is 36.4 Å². The lowest BCUT2D eigenvalue weighted by atomic mass is 10.0. The zero-order valence-electron chi connectivity index (χ0n) is 17.9. The topological polar surface area (TPSA) is 68.2 Å². The molecule has 152 valence electrons. The molecule has 2 aromatic carbocycles. The molecule has 29 heavy (non-hydrogen) atoms. The van der Waals surface area contributed by atoms with Gasteiger partial charge < -0.3 is 15.5 Å². The zero-order chi connectivity index (χ0) is 21.4. The third-order valence-electron chi connectivity index (χ3n) is 4.91. The summed E-state index contributed by atoms with van der Waals surface area (Å²) >= 11 is 0. The Labute approximate surface area is 174 Å². The molecule has 1 amide bonds. The highest BCUT2D eigenvalue weighted by Gasteiger charge is 2.10. The van der Waals surface area contributed by atoms with E-state index in [1.165, 1.54) is 11.8 Å². The minimum absolute atomic E-state index is 0.0187. The smallest absolute Gasteiger partial charge is 0.267 e. The van der Waals surface area contributed by atoms with Crippen LogP contribution in [0.4, 0.5) is 17.1 Å². The van der Waals surface area contributed by atoms with Crippen LogP contribution >= 0.6 is 0 Å². The maximum atomic E-state index is 12.4. The number of aryl methyl sites for hydroxylation is 1. The third kappa shape index (κ3) is 5.86. The second kappa shape index (κ2) is 10.3. The lowest BCUT2D eigenvalue weighted by Crippen LogP contribution is -2.21. The molecule has 0 atom stereocenters. The Bertz CT molecular complexity index is 903. The Hall–Kier alpha value is -3.26. The molecule has 2 N–H and O–H groups in total. The van der Waals surface area contributed by atoms with E-state index in [1.54, 1.807) is 0 Å². The van der Waals surface area contributed by atoms with Gasteiger partial charge in [-0.3, -0.25) is 4.79 Å². The summed E-state index contributed by atoms with van der Waals surface area (Å²) in [6.07, 6.45) is 1.46. The van der Waals surface area contributed by atoms with Crippen molar-refractivity contribution < 1.29 is 4.79 Å². The molecule has 5 heteroatoms. The van der Waals surface area contributed by atoms with Gasteiger partial charge in [-0.05, 0) is 68.1 Å². The van der Waals surface area contributed by atoms with Crippen molar-refractivity contribution in [1.82, 2.24) is 0 Å². The van der Waals surface area contributed by atoms with Crippen molar-refractivity contribution >= 4 is 23.0 Å². The van der Waals surface area contributed by atoms with Crippen molar-refractivity contribution in [2.45, 2.75) is 40.5 Å². The monoisotopic (exact) mass is 390 g/mol. The number of benzene rings is 2. The average molecular weight is 391 g/mol. The molecule has 0 heterocycles. The first-order chi connectivity index (χ1) is 13.9. The molecule has 0 aliphatic rings. The van der Waals surface area contributed by atoms with Crippen molar-refractivity contribution in [2.75, 3.05) is 28.6 Å². The van der Waals surface area contributed by atoms with Crippen LogP contribution < -0.4 is 15.5 Å². The Balaban J connectivity index is 2.09. The highest BCUT2D eigenvalue weighted by atomic mass is 16.1. The number of rotatable bonds is 8. The van der Waals surface area contributed by atoms with Crippen LogP contribution in [-0.2, 0) is 4.79 Å². The number of carbonyl (C=O) groups excluding carboxylic acids is 1. The summed E-state index contributed by atoms with van der Waals surface area (Å²) in [6, 6.07) is 15.7. The summed E-state index contributed by atoms with van der Waals surface area (Å²) in [6.45, 7) is 12.4. The summed E-state index contributed by atoms with van der Waals surface area (Å²) in [5.74, 6) is -0.00964. The predicted molar refractivity (Wildman–Crippen MR) is 121 cm³/mol. The van der Waals surface area contributed by atoms with Crippen LogP contribution in [0.2, 0.25) is 0 Å². The summed E-state index contributed by atoms with van der Waals surface area (Å²) in [5, 5.41) is 15.3.